The zero-order chi connectivity index (χ0) is 17.5. The molecule has 2 aliphatic rings. The molecule has 0 spiro atoms. The second-order valence-electron chi connectivity index (χ2n) is 7.03. The molecule has 0 N–H and O–H groups in total. The highest BCUT2D eigenvalue weighted by atomic mass is 16.2. The van der Waals surface area contributed by atoms with Crippen molar-refractivity contribution in [2.24, 2.45) is 0 Å². The Morgan fingerprint density at radius 1 is 0.962 bits per heavy atom. The van der Waals surface area contributed by atoms with Crippen LogP contribution < -0.4 is 0 Å². The standard InChI is InChI=1S/C22H19N3O/c26-22(17-8-6-16(7-9-17)15-4-2-1-3-5-15)25-18-10-11-21(25)19-13-23-14-24-20(19)12-18/h1-9,13-14,18,21H,10-12H2. The van der Waals surface area contributed by atoms with Gasteiger partial charge >= 0.3 is 0 Å². The Morgan fingerprint density at radius 3 is 2.54 bits per heavy atom. The molecular weight excluding hydrogens is 322 g/mol. The van der Waals surface area contributed by atoms with Gasteiger partial charge in [-0.3, -0.25) is 4.79 Å². The van der Waals surface area contributed by atoms with E-state index in [2.05, 4.69) is 27.0 Å². The molecule has 5 rings (SSSR count). The zero-order valence-corrected chi connectivity index (χ0v) is 14.4. The SMILES string of the molecule is O=C(c1ccc(-c2ccccc2)cc1)N1C2CCC1c1cncnc1C2. The lowest BCUT2D eigenvalue weighted by Gasteiger charge is -2.35. The lowest BCUT2D eigenvalue weighted by atomic mass is 9.97. The van der Waals surface area contributed by atoms with Gasteiger partial charge in [-0.05, 0) is 36.1 Å². The third-order valence-corrected chi connectivity index (χ3v) is 5.59. The van der Waals surface area contributed by atoms with E-state index in [1.807, 2.05) is 48.7 Å². The first-order valence-electron chi connectivity index (χ1n) is 9.08. The molecule has 2 atom stereocenters. The summed E-state index contributed by atoms with van der Waals surface area (Å²) in [5.41, 5.74) is 5.27. The molecule has 0 saturated carbocycles. The van der Waals surface area contributed by atoms with Gasteiger partial charge in [0.05, 0.1) is 11.7 Å². The van der Waals surface area contributed by atoms with Crippen molar-refractivity contribution in [1.82, 2.24) is 14.9 Å². The fourth-order valence-corrected chi connectivity index (χ4v) is 4.32. The normalized spacial score (nSPS) is 20.7. The molecule has 3 heterocycles. The van der Waals surface area contributed by atoms with E-state index in [-0.39, 0.29) is 18.0 Å². The summed E-state index contributed by atoms with van der Waals surface area (Å²) in [6.07, 6.45) is 6.36. The third-order valence-electron chi connectivity index (χ3n) is 5.59. The fourth-order valence-electron chi connectivity index (χ4n) is 4.32. The predicted molar refractivity (Wildman–Crippen MR) is 99.5 cm³/mol. The summed E-state index contributed by atoms with van der Waals surface area (Å²) in [6.45, 7) is 0. The van der Waals surface area contributed by atoms with Gasteiger partial charge in [0.25, 0.3) is 5.91 Å². The summed E-state index contributed by atoms with van der Waals surface area (Å²) in [5.74, 6) is 0.117. The van der Waals surface area contributed by atoms with Crippen molar-refractivity contribution in [3.8, 4) is 11.1 Å². The monoisotopic (exact) mass is 341 g/mol. The molecule has 2 aromatic carbocycles. The van der Waals surface area contributed by atoms with Crippen molar-refractivity contribution < 1.29 is 4.79 Å². The third kappa shape index (κ3) is 2.41. The average Bonchev–Trinajstić information content (AvgIpc) is 3.03. The van der Waals surface area contributed by atoms with Gasteiger partial charge in [0.1, 0.15) is 6.33 Å². The molecule has 2 unspecified atom stereocenters. The summed E-state index contributed by atoms with van der Waals surface area (Å²) in [4.78, 5) is 23.9. The van der Waals surface area contributed by atoms with Gasteiger partial charge in [-0.15, -0.1) is 0 Å². The van der Waals surface area contributed by atoms with E-state index in [1.54, 1.807) is 6.33 Å². The van der Waals surface area contributed by atoms with Gasteiger partial charge in [0, 0.05) is 29.8 Å². The van der Waals surface area contributed by atoms with Crippen molar-refractivity contribution in [2.45, 2.75) is 31.3 Å². The average molecular weight is 341 g/mol. The molecular formula is C22H19N3O. The van der Waals surface area contributed by atoms with E-state index in [1.165, 1.54) is 0 Å². The number of amides is 1. The van der Waals surface area contributed by atoms with Crippen LogP contribution in [0.3, 0.4) is 0 Å². The maximum absolute atomic E-state index is 13.2. The molecule has 128 valence electrons. The zero-order valence-electron chi connectivity index (χ0n) is 14.4. The molecule has 1 fully saturated rings. The number of hydrogen-bond donors (Lipinski definition) is 0. The molecule has 0 radical (unpaired) electrons. The van der Waals surface area contributed by atoms with Crippen LogP contribution >= 0.6 is 0 Å². The largest absolute Gasteiger partial charge is 0.328 e. The van der Waals surface area contributed by atoms with Crippen LogP contribution in [0.4, 0.5) is 0 Å². The Hall–Kier alpha value is -3.01. The van der Waals surface area contributed by atoms with Crippen LogP contribution in [-0.2, 0) is 6.42 Å². The van der Waals surface area contributed by atoms with Crippen LogP contribution in [0.1, 0.15) is 40.5 Å². The highest BCUT2D eigenvalue weighted by Gasteiger charge is 2.43. The Kier molecular flexibility index (Phi) is 3.56. The summed E-state index contributed by atoms with van der Waals surface area (Å²) >= 11 is 0. The van der Waals surface area contributed by atoms with Crippen molar-refractivity contribution in [3.63, 3.8) is 0 Å². The molecule has 1 saturated heterocycles. The number of fused-ring (bicyclic) bond motifs is 4. The quantitative estimate of drug-likeness (QED) is 0.706. The molecule has 0 aliphatic carbocycles. The maximum atomic E-state index is 13.2. The van der Waals surface area contributed by atoms with Crippen molar-refractivity contribution in [3.05, 3.63) is 83.9 Å². The molecule has 1 aromatic heterocycles. The van der Waals surface area contributed by atoms with Gasteiger partial charge in [-0.25, -0.2) is 9.97 Å². The fraction of sp³-hybridized carbons (Fsp3) is 0.227. The van der Waals surface area contributed by atoms with Gasteiger partial charge in [0.15, 0.2) is 0 Å². The molecule has 4 heteroatoms. The molecule has 26 heavy (non-hydrogen) atoms. The van der Waals surface area contributed by atoms with Gasteiger partial charge < -0.3 is 4.90 Å². The molecule has 2 aliphatic heterocycles. The number of nitrogens with zero attached hydrogens (tertiary/aromatic N) is 3. The highest BCUT2D eigenvalue weighted by molar-refractivity contribution is 5.95. The topological polar surface area (TPSA) is 46.1 Å². The lowest BCUT2D eigenvalue weighted by Crippen LogP contribution is -2.42. The van der Waals surface area contributed by atoms with Crippen LogP contribution in [0.5, 0.6) is 0 Å². The number of aromatic nitrogens is 2. The van der Waals surface area contributed by atoms with Crippen molar-refractivity contribution >= 4 is 5.91 Å². The first-order valence-corrected chi connectivity index (χ1v) is 9.08. The van der Waals surface area contributed by atoms with Crippen LogP contribution in [0.2, 0.25) is 0 Å². The van der Waals surface area contributed by atoms with Gasteiger partial charge in [-0.1, -0.05) is 42.5 Å². The Bertz CT molecular complexity index is 953. The molecule has 3 aromatic rings. The molecule has 4 nitrogen and oxygen atoms in total. The number of carbonyl (C=O) groups excluding carboxylic acids is 1. The van der Waals surface area contributed by atoms with Gasteiger partial charge in [0.2, 0.25) is 0 Å². The van der Waals surface area contributed by atoms with Crippen molar-refractivity contribution in [2.75, 3.05) is 0 Å². The summed E-state index contributed by atoms with van der Waals surface area (Å²) < 4.78 is 0. The van der Waals surface area contributed by atoms with E-state index in [0.717, 1.165) is 47.2 Å². The first kappa shape index (κ1) is 15.3. The highest BCUT2D eigenvalue weighted by Crippen LogP contribution is 2.43. The second kappa shape index (κ2) is 6.06. The number of benzene rings is 2. The second-order valence-corrected chi connectivity index (χ2v) is 7.03. The van der Waals surface area contributed by atoms with Crippen LogP contribution in [0, 0.1) is 0 Å². The molecule has 2 bridgehead atoms. The van der Waals surface area contributed by atoms with E-state index < -0.39 is 0 Å². The van der Waals surface area contributed by atoms with Crippen LogP contribution in [0.15, 0.2) is 67.1 Å². The Labute approximate surface area is 152 Å². The first-order chi connectivity index (χ1) is 12.8. The summed E-state index contributed by atoms with van der Waals surface area (Å²) in [7, 11) is 0. The van der Waals surface area contributed by atoms with E-state index in [0.29, 0.717) is 0 Å². The number of hydrogen-bond acceptors (Lipinski definition) is 3. The Balaban J connectivity index is 1.44. The minimum Gasteiger partial charge on any atom is -0.328 e. The number of rotatable bonds is 2. The minimum absolute atomic E-state index is 0.117. The number of carbonyl (C=O) groups is 1. The van der Waals surface area contributed by atoms with E-state index >= 15 is 0 Å². The van der Waals surface area contributed by atoms with Gasteiger partial charge in [-0.2, -0.15) is 0 Å². The van der Waals surface area contributed by atoms with E-state index in [4.69, 9.17) is 0 Å². The molecule has 1 amide bonds. The summed E-state index contributed by atoms with van der Waals surface area (Å²) in [6, 6.07) is 18.6. The smallest absolute Gasteiger partial charge is 0.254 e. The van der Waals surface area contributed by atoms with Crippen LogP contribution in [-0.4, -0.2) is 26.8 Å². The van der Waals surface area contributed by atoms with E-state index in [9.17, 15) is 4.79 Å². The minimum atomic E-state index is 0.117. The van der Waals surface area contributed by atoms with Crippen LogP contribution in [0.25, 0.3) is 11.1 Å². The van der Waals surface area contributed by atoms with Crippen molar-refractivity contribution in [1.29, 1.82) is 0 Å². The Morgan fingerprint density at radius 2 is 1.73 bits per heavy atom. The maximum Gasteiger partial charge on any atom is 0.254 e. The summed E-state index contributed by atoms with van der Waals surface area (Å²) in [5, 5.41) is 0. The lowest BCUT2D eigenvalue weighted by molar-refractivity contribution is 0.0644. The predicted octanol–water partition coefficient (Wildman–Crippen LogP) is 4.05.